The standard InChI is InChI=1S/C10H15ClN2OS/c11-8-6-15-9(13-8)12-7-10(14)4-2-1-3-5-10/h6,14H,1-5,7H2,(H,12,13). The summed E-state index contributed by atoms with van der Waals surface area (Å²) in [4.78, 5) is 4.09. The van der Waals surface area contributed by atoms with Crippen molar-refractivity contribution in [2.45, 2.75) is 37.7 Å². The van der Waals surface area contributed by atoms with E-state index in [9.17, 15) is 5.11 Å². The molecule has 0 amide bonds. The maximum absolute atomic E-state index is 10.2. The van der Waals surface area contributed by atoms with E-state index in [2.05, 4.69) is 10.3 Å². The minimum absolute atomic E-state index is 0.512. The quantitative estimate of drug-likeness (QED) is 0.862. The number of aromatic nitrogens is 1. The molecule has 0 radical (unpaired) electrons. The molecule has 0 atom stereocenters. The van der Waals surface area contributed by atoms with Crippen LogP contribution in [0.1, 0.15) is 32.1 Å². The zero-order valence-corrected chi connectivity index (χ0v) is 10.1. The fourth-order valence-electron chi connectivity index (χ4n) is 1.96. The van der Waals surface area contributed by atoms with Gasteiger partial charge in [-0.05, 0) is 12.8 Å². The monoisotopic (exact) mass is 246 g/mol. The molecule has 1 aliphatic rings. The summed E-state index contributed by atoms with van der Waals surface area (Å²) in [5, 5.41) is 16.5. The van der Waals surface area contributed by atoms with Crippen LogP contribution >= 0.6 is 22.9 Å². The third-order valence-electron chi connectivity index (χ3n) is 2.83. The summed E-state index contributed by atoms with van der Waals surface area (Å²) in [6, 6.07) is 0. The van der Waals surface area contributed by atoms with Gasteiger partial charge in [-0.3, -0.25) is 0 Å². The van der Waals surface area contributed by atoms with Crippen LogP contribution in [0.3, 0.4) is 0 Å². The fourth-order valence-corrected chi connectivity index (χ4v) is 2.80. The number of halogens is 1. The van der Waals surface area contributed by atoms with Crippen LogP contribution in [0.25, 0.3) is 0 Å². The molecule has 0 bridgehead atoms. The first-order valence-corrected chi connectivity index (χ1v) is 6.51. The average Bonchev–Trinajstić information content (AvgIpc) is 2.63. The van der Waals surface area contributed by atoms with Crippen LogP contribution in [0.4, 0.5) is 5.13 Å². The first kappa shape index (κ1) is 11.2. The van der Waals surface area contributed by atoms with E-state index in [-0.39, 0.29) is 0 Å². The Balaban J connectivity index is 1.86. The van der Waals surface area contributed by atoms with Gasteiger partial charge in [0.25, 0.3) is 0 Å². The highest BCUT2D eigenvalue weighted by Crippen LogP contribution is 2.29. The number of hydrogen-bond donors (Lipinski definition) is 2. The zero-order valence-electron chi connectivity index (χ0n) is 8.50. The van der Waals surface area contributed by atoms with Crippen molar-refractivity contribution in [2.75, 3.05) is 11.9 Å². The lowest BCUT2D eigenvalue weighted by Crippen LogP contribution is -2.38. The van der Waals surface area contributed by atoms with Gasteiger partial charge in [-0.2, -0.15) is 0 Å². The molecule has 5 heteroatoms. The van der Waals surface area contributed by atoms with Crippen molar-refractivity contribution >= 4 is 28.1 Å². The van der Waals surface area contributed by atoms with E-state index in [0.717, 1.165) is 30.8 Å². The van der Waals surface area contributed by atoms with Crippen molar-refractivity contribution in [3.63, 3.8) is 0 Å². The number of anilines is 1. The topological polar surface area (TPSA) is 45.1 Å². The highest BCUT2D eigenvalue weighted by Gasteiger charge is 2.28. The Kier molecular flexibility index (Phi) is 3.49. The smallest absolute Gasteiger partial charge is 0.184 e. The molecule has 1 heterocycles. The second-order valence-electron chi connectivity index (χ2n) is 4.11. The van der Waals surface area contributed by atoms with Gasteiger partial charge in [-0.15, -0.1) is 11.3 Å². The van der Waals surface area contributed by atoms with E-state index >= 15 is 0 Å². The molecule has 1 saturated carbocycles. The first-order chi connectivity index (χ1) is 7.18. The van der Waals surface area contributed by atoms with Gasteiger partial charge in [0.2, 0.25) is 0 Å². The van der Waals surface area contributed by atoms with Crippen LogP contribution in [0.15, 0.2) is 5.38 Å². The SMILES string of the molecule is OC1(CNc2nc(Cl)cs2)CCCCC1. The predicted octanol–water partition coefficient (Wildman–Crippen LogP) is 2.90. The van der Waals surface area contributed by atoms with Crippen molar-refractivity contribution in [3.8, 4) is 0 Å². The summed E-state index contributed by atoms with van der Waals surface area (Å²) in [7, 11) is 0. The second kappa shape index (κ2) is 4.68. The Morgan fingerprint density at radius 1 is 1.47 bits per heavy atom. The van der Waals surface area contributed by atoms with E-state index in [0.29, 0.717) is 11.7 Å². The van der Waals surface area contributed by atoms with Crippen LogP contribution in [0.5, 0.6) is 0 Å². The van der Waals surface area contributed by atoms with Crippen molar-refractivity contribution in [2.24, 2.45) is 0 Å². The third-order valence-corrected chi connectivity index (χ3v) is 3.95. The number of rotatable bonds is 3. The minimum Gasteiger partial charge on any atom is -0.388 e. The lowest BCUT2D eigenvalue weighted by Gasteiger charge is -2.31. The zero-order chi connectivity index (χ0) is 10.7. The molecule has 1 aromatic heterocycles. The van der Waals surface area contributed by atoms with Gasteiger partial charge in [-0.25, -0.2) is 4.98 Å². The molecule has 0 saturated heterocycles. The summed E-state index contributed by atoms with van der Waals surface area (Å²) in [6.07, 6.45) is 5.26. The largest absolute Gasteiger partial charge is 0.388 e. The van der Waals surface area contributed by atoms with E-state index in [1.165, 1.54) is 17.8 Å². The van der Waals surface area contributed by atoms with E-state index in [1.54, 1.807) is 5.38 Å². The Morgan fingerprint density at radius 2 is 2.20 bits per heavy atom. The van der Waals surface area contributed by atoms with Gasteiger partial charge >= 0.3 is 0 Å². The normalized spacial score (nSPS) is 20.1. The van der Waals surface area contributed by atoms with Gasteiger partial charge in [0.15, 0.2) is 5.13 Å². The molecular formula is C10H15ClN2OS. The lowest BCUT2D eigenvalue weighted by atomic mass is 9.85. The molecule has 1 fully saturated rings. The van der Waals surface area contributed by atoms with Gasteiger partial charge in [0.05, 0.1) is 5.60 Å². The Bertz CT molecular complexity index is 323. The van der Waals surface area contributed by atoms with Crippen molar-refractivity contribution in [1.82, 2.24) is 4.98 Å². The van der Waals surface area contributed by atoms with Gasteiger partial charge in [-0.1, -0.05) is 30.9 Å². The van der Waals surface area contributed by atoms with Crippen molar-refractivity contribution < 1.29 is 5.11 Å². The number of nitrogens with zero attached hydrogens (tertiary/aromatic N) is 1. The maximum atomic E-state index is 10.2. The van der Waals surface area contributed by atoms with Crippen LogP contribution in [0.2, 0.25) is 5.15 Å². The van der Waals surface area contributed by atoms with Gasteiger partial charge in [0.1, 0.15) is 5.15 Å². The molecule has 3 nitrogen and oxygen atoms in total. The molecule has 0 spiro atoms. The first-order valence-electron chi connectivity index (χ1n) is 5.25. The molecule has 2 N–H and O–H groups in total. The molecule has 15 heavy (non-hydrogen) atoms. The summed E-state index contributed by atoms with van der Waals surface area (Å²) in [6.45, 7) is 0.580. The molecule has 1 aliphatic carbocycles. The molecule has 84 valence electrons. The Labute approximate surface area is 98.5 Å². The van der Waals surface area contributed by atoms with Gasteiger partial charge in [0, 0.05) is 11.9 Å². The predicted molar refractivity (Wildman–Crippen MR) is 63.6 cm³/mol. The summed E-state index contributed by atoms with van der Waals surface area (Å²) >= 11 is 7.18. The average molecular weight is 247 g/mol. The fraction of sp³-hybridized carbons (Fsp3) is 0.700. The van der Waals surface area contributed by atoms with E-state index < -0.39 is 5.60 Å². The molecular weight excluding hydrogens is 232 g/mol. The summed E-state index contributed by atoms with van der Waals surface area (Å²) < 4.78 is 0. The van der Waals surface area contributed by atoms with Crippen LogP contribution in [0, 0.1) is 0 Å². The van der Waals surface area contributed by atoms with Gasteiger partial charge < -0.3 is 10.4 Å². The Hall–Kier alpha value is -0.320. The number of nitrogens with one attached hydrogen (secondary N) is 1. The van der Waals surface area contributed by atoms with Crippen LogP contribution < -0.4 is 5.32 Å². The van der Waals surface area contributed by atoms with E-state index in [1.807, 2.05) is 0 Å². The Morgan fingerprint density at radius 3 is 2.80 bits per heavy atom. The minimum atomic E-state index is -0.545. The molecule has 0 aliphatic heterocycles. The highest BCUT2D eigenvalue weighted by molar-refractivity contribution is 7.14. The lowest BCUT2D eigenvalue weighted by molar-refractivity contribution is 0.0167. The van der Waals surface area contributed by atoms with Crippen molar-refractivity contribution in [3.05, 3.63) is 10.5 Å². The third kappa shape index (κ3) is 3.06. The molecule has 0 aromatic carbocycles. The molecule has 1 aromatic rings. The summed E-state index contributed by atoms with van der Waals surface area (Å²) in [5.41, 5.74) is -0.545. The van der Waals surface area contributed by atoms with Crippen molar-refractivity contribution in [1.29, 1.82) is 0 Å². The molecule has 0 unspecified atom stereocenters. The number of hydrogen-bond acceptors (Lipinski definition) is 4. The number of thiazole rings is 1. The molecule has 2 rings (SSSR count). The number of aliphatic hydroxyl groups is 1. The highest BCUT2D eigenvalue weighted by atomic mass is 35.5. The van der Waals surface area contributed by atoms with Crippen LogP contribution in [-0.4, -0.2) is 22.2 Å². The van der Waals surface area contributed by atoms with Crippen LogP contribution in [-0.2, 0) is 0 Å². The summed E-state index contributed by atoms with van der Waals surface area (Å²) in [5.74, 6) is 0. The maximum Gasteiger partial charge on any atom is 0.184 e. The van der Waals surface area contributed by atoms with E-state index in [4.69, 9.17) is 11.6 Å². The second-order valence-corrected chi connectivity index (χ2v) is 5.36.